The Hall–Kier alpha value is -2.24. The number of rotatable bonds is 8. The zero-order valence-electron chi connectivity index (χ0n) is 16.0. The number of halogens is 3. The van der Waals surface area contributed by atoms with Crippen LogP contribution in [0.4, 0.5) is 13.2 Å². The highest BCUT2D eigenvalue weighted by Gasteiger charge is 2.36. The Balaban J connectivity index is 2.44. The van der Waals surface area contributed by atoms with Crippen molar-refractivity contribution in [3.05, 3.63) is 41.5 Å². The van der Waals surface area contributed by atoms with Gasteiger partial charge in [-0.25, -0.2) is 4.98 Å². The van der Waals surface area contributed by atoms with E-state index in [0.717, 1.165) is 24.2 Å². The standard InChI is InChI=1S/C20H22F3N3OS/c1-4-10-27-15-7-5-14(6-8-15)18-12-17(20(21,22)23)16(13-24)19(25-18)28-11-9-26(2)3/h5-8,12H,4,9-11H2,1-3H3. The molecule has 1 heterocycles. The fourth-order valence-electron chi connectivity index (χ4n) is 2.37. The Morgan fingerprint density at radius 1 is 1.21 bits per heavy atom. The lowest BCUT2D eigenvalue weighted by atomic mass is 10.1. The molecule has 2 aromatic rings. The molecule has 0 unspecified atom stereocenters. The van der Waals surface area contributed by atoms with E-state index in [2.05, 4.69) is 4.98 Å². The molecule has 0 saturated carbocycles. The number of pyridine rings is 1. The molecule has 0 atom stereocenters. The van der Waals surface area contributed by atoms with Gasteiger partial charge in [-0.15, -0.1) is 11.8 Å². The first-order valence-electron chi connectivity index (χ1n) is 8.79. The van der Waals surface area contributed by atoms with E-state index in [9.17, 15) is 18.4 Å². The maximum absolute atomic E-state index is 13.5. The minimum atomic E-state index is -4.64. The maximum Gasteiger partial charge on any atom is 0.417 e. The molecule has 0 bridgehead atoms. The lowest BCUT2D eigenvalue weighted by molar-refractivity contribution is -0.138. The topological polar surface area (TPSA) is 49.1 Å². The van der Waals surface area contributed by atoms with E-state index < -0.39 is 17.3 Å². The minimum absolute atomic E-state index is 0.0977. The molecule has 28 heavy (non-hydrogen) atoms. The smallest absolute Gasteiger partial charge is 0.417 e. The van der Waals surface area contributed by atoms with Crippen molar-refractivity contribution in [2.45, 2.75) is 24.5 Å². The van der Waals surface area contributed by atoms with E-state index >= 15 is 0 Å². The van der Waals surface area contributed by atoms with Gasteiger partial charge < -0.3 is 9.64 Å². The average molecular weight is 409 g/mol. The third-order valence-corrected chi connectivity index (χ3v) is 4.76. The van der Waals surface area contributed by atoms with Crippen LogP contribution in [0.5, 0.6) is 5.75 Å². The van der Waals surface area contributed by atoms with Crippen LogP contribution in [0.1, 0.15) is 24.5 Å². The summed E-state index contributed by atoms with van der Waals surface area (Å²) in [6.07, 6.45) is -3.77. The molecule has 150 valence electrons. The Kier molecular flexibility index (Phi) is 7.72. The molecule has 0 saturated heterocycles. The second kappa shape index (κ2) is 9.80. The number of benzene rings is 1. The third-order valence-electron chi connectivity index (χ3n) is 3.80. The zero-order valence-corrected chi connectivity index (χ0v) is 16.8. The number of thioether (sulfide) groups is 1. The van der Waals surface area contributed by atoms with Crippen LogP contribution in [0.3, 0.4) is 0 Å². The largest absolute Gasteiger partial charge is 0.494 e. The van der Waals surface area contributed by atoms with E-state index in [1.54, 1.807) is 30.3 Å². The van der Waals surface area contributed by atoms with Crippen LogP contribution >= 0.6 is 11.8 Å². The Labute approximate surface area is 167 Å². The lowest BCUT2D eigenvalue weighted by Gasteiger charge is -2.15. The molecule has 1 aromatic heterocycles. The summed E-state index contributed by atoms with van der Waals surface area (Å²) in [6.45, 7) is 3.22. The van der Waals surface area contributed by atoms with Crippen molar-refractivity contribution in [1.29, 1.82) is 5.26 Å². The molecule has 0 aliphatic heterocycles. The molecule has 0 fully saturated rings. The van der Waals surface area contributed by atoms with E-state index in [1.807, 2.05) is 25.9 Å². The number of hydrogen-bond acceptors (Lipinski definition) is 5. The number of ether oxygens (including phenoxy) is 1. The van der Waals surface area contributed by atoms with E-state index in [1.165, 1.54) is 0 Å². The molecule has 1 aromatic carbocycles. The van der Waals surface area contributed by atoms with Gasteiger partial charge in [-0.1, -0.05) is 6.92 Å². The van der Waals surface area contributed by atoms with Crippen molar-refractivity contribution < 1.29 is 17.9 Å². The molecule has 8 heteroatoms. The summed E-state index contributed by atoms with van der Waals surface area (Å²) in [5.41, 5.74) is -0.671. The maximum atomic E-state index is 13.5. The van der Waals surface area contributed by atoms with Crippen LogP contribution < -0.4 is 4.74 Å². The summed E-state index contributed by atoms with van der Waals surface area (Å²) in [5, 5.41) is 9.42. The van der Waals surface area contributed by atoms with Crippen LogP contribution in [0.25, 0.3) is 11.3 Å². The molecular formula is C20H22F3N3OS. The van der Waals surface area contributed by atoms with Gasteiger partial charge in [0, 0.05) is 17.9 Å². The molecule has 0 radical (unpaired) electrons. The second-order valence-corrected chi connectivity index (χ2v) is 7.45. The van der Waals surface area contributed by atoms with Gasteiger partial charge >= 0.3 is 6.18 Å². The quantitative estimate of drug-likeness (QED) is 0.569. The number of nitriles is 1. The monoisotopic (exact) mass is 409 g/mol. The van der Waals surface area contributed by atoms with Crippen molar-refractivity contribution in [2.24, 2.45) is 0 Å². The normalized spacial score (nSPS) is 11.5. The lowest BCUT2D eigenvalue weighted by Crippen LogP contribution is -2.15. The molecule has 4 nitrogen and oxygen atoms in total. The van der Waals surface area contributed by atoms with Gasteiger partial charge in [0.15, 0.2) is 0 Å². The fraction of sp³-hybridized carbons (Fsp3) is 0.400. The number of hydrogen-bond donors (Lipinski definition) is 0. The van der Waals surface area contributed by atoms with E-state index in [4.69, 9.17) is 4.74 Å². The molecule has 2 rings (SSSR count). The van der Waals surface area contributed by atoms with Gasteiger partial charge in [0.05, 0.1) is 23.4 Å². The van der Waals surface area contributed by atoms with Gasteiger partial charge in [0.2, 0.25) is 0 Å². The summed E-state index contributed by atoms with van der Waals surface area (Å²) >= 11 is 1.15. The summed E-state index contributed by atoms with van der Waals surface area (Å²) in [4.78, 5) is 6.28. The van der Waals surface area contributed by atoms with Crippen LogP contribution in [-0.2, 0) is 6.18 Å². The third kappa shape index (κ3) is 5.88. The highest BCUT2D eigenvalue weighted by Crippen LogP contribution is 2.38. The zero-order chi connectivity index (χ0) is 20.7. The average Bonchev–Trinajstić information content (AvgIpc) is 2.65. The number of aromatic nitrogens is 1. The Morgan fingerprint density at radius 3 is 2.43 bits per heavy atom. The molecular weight excluding hydrogens is 387 g/mol. The molecule has 0 spiro atoms. The molecule has 0 aliphatic carbocycles. The predicted octanol–water partition coefficient (Wildman–Crippen LogP) is 5.08. The molecule has 0 N–H and O–H groups in total. The predicted molar refractivity (Wildman–Crippen MR) is 104 cm³/mol. The Morgan fingerprint density at radius 2 is 1.89 bits per heavy atom. The second-order valence-electron chi connectivity index (χ2n) is 6.37. The van der Waals surface area contributed by atoms with E-state index in [-0.39, 0.29) is 10.7 Å². The first-order valence-corrected chi connectivity index (χ1v) is 9.78. The summed E-state index contributed by atoms with van der Waals surface area (Å²) in [7, 11) is 3.75. The first kappa shape index (κ1) is 22.1. The number of alkyl halides is 3. The highest BCUT2D eigenvalue weighted by atomic mass is 32.2. The van der Waals surface area contributed by atoms with Crippen LogP contribution in [0.2, 0.25) is 0 Å². The highest BCUT2D eigenvalue weighted by molar-refractivity contribution is 7.99. The van der Waals surface area contributed by atoms with Crippen molar-refractivity contribution in [3.8, 4) is 23.1 Å². The van der Waals surface area contributed by atoms with Crippen molar-refractivity contribution >= 4 is 11.8 Å². The van der Waals surface area contributed by atoms with Crippen molar-refractivity contribution in [2.75, 3.05) is 33.0 Å². The molecule has 0 aliphatic rings. The first-order chi connectivity index (χ1) is 13.3. The van der Waals surface area contributed by atoms with E-state index in [0.29, 0.717) is 30.2 Å². The summed E-state index contributed by atoms with van der Waals surface area (Å²) in [5.74, 6) is 1.18. The summed E-state index contributed by atoms with van der Waals surface area (Å²) in [6, 6.07) is 9.38. The van der Waals surface area contributed by atoms with Crippen LogP contribution in [-0.4, -0.2) is 42.9 Å². The van der Waals surface area contributed by atoms with Gasteiger partial charge in [-0.2, -0.15) is 18.4 Å². The van der Waals surface area contributed by atoms with Gasteiger partial charge in [-0.3, -0.25) is 0 Å². The van der Waals surface area contributed by atoms with Gasteiger partial charge in [0.25, 0.3) is 0 Å². The fourth-order valence-corrected chi connectivity index (χ4v) is 3.48. The van der Waals surface area contributed by atoms with Crippen molar-refractivity contribution in [1.82, 2.24) is 9.88 Å². The minimum Gasteiger partial charge on any atom is -0.494 e. The van der Waals surface area contributed by atoms with Crippen LogP contribution in [0, 0.1) is 11.3 Å². The van der Waals surface area contributed by atoms with Gasteiger partial charge in [0.1, 0.15) is 16.8 Å². The Bertz CT molecular complexity index is 830. The SMILES string of the molecule is CCCOc1ccc(-c2cc(C(F)(F)F)c(C#N)c(SCCN(C)C)n2)cc1. The molecule has 0 amide bonds. The van der Waals surface area contributed by atoms with Crippen LogP contribution in [0.15, 0.2) is 35.4 Å². The number of nitrogens with zero attached hydrogens (tertiary/aromatic N) is 3. The van der Waals surface area contributed by atoms with Crippen molar-refractivity contribution in [3.63, 3.8) is 0 Å². The summed E-state index contributed by atoms with van der Waals surface area (Å²) < 4.78 is 46.2. The van der Waals surface area contributed by atoms with Gasteiger partial charge in [-0.05, 0) is 50.8 Å².